The number of rotatable bonds is 2. The number of anilines is 1. The maximum absolute atomic E-state index is 5.16. The Morgan fingerprint density at radius 1 is 1.62 bits per heavy atom. The Morgan fingerprint density at radius 3 is 3.12 bits per heavy atom. The molecule has 2 rings (SSSR count). The van der Waals surface area contributed by atoms with E-state index in [0.29, 0.717) is 21.6 Å². The van der Waals surface area contributed by atoms with Gasteiger partial charge in [0, 0.05) is 6.20 Å². The number of fused-ring (bicyclic) bond motifs is 1. The molecule has 0 atom stereocenters. The van der Waals surface area contributed by atoms with Crippen molar-refractivity contribution in [3.63, 3.8) is 0 Å². The van der Waals surface area contributed by atoms with Crippen LogP contribution in [0.1, 0.15) is 0 Å². The van der Waals surface area contributed by atoms with Crippen LogP contribution in [0, 0.1) is 0 Å². The summed E-state index contributed by atoms with van der Waals surface area (Å²) in [5, 5.41) is 3.81. The number of nitrogens with two attached hydrogens (primary N) is 1. The molecule has 0 radical (unpaired) electrons. The van der Waals surface area contributed by atoms with Crippen molar-refractivity contribution in [1.82, 2.24) is 15.4 Å². The number of thiocarbonyl (C=S) groups is 1. The molecule has 0 aliphatic carbocycles. The number of pyridine rings is 1. The second-order valence-electron chi connectivity index (χ2n) is 2.78. The highest BCUT2D eigenvalue weighted by Crippen LogP contribution is 2.30. The Balaban J connectivity index is 2.39. The van der Waals surface area contributed by atoms with Crippen LogP contribution in [-0.4, -0.2) is 22.2 Å². The van der Waals surface area contributed by atoms with Gasteiger partial charge in [0.15, 0.2) is 10.2 Å². The lowest BCUT2D eigenvalue weighted by Gasteiger charge is -2.00. The minimum Gasteiger partial charge on any atom is -0.479 e. The first kappa shape index (κ1) is 11.0. The maximum atomic E-state index is 5.16. The molecule has 0 bridgehead atoms. The number of hydrazine groups is 1. The summed E-state index contributed by atoms with van der Waals surface area (Å²) in [5.41, 5.74) is 3.03. The molecule has 0 saturated heterocycles. The third kappa shape index (κ3) is 2.03. The zero-order valence-corrected chi connectivity index (χ0v) is 9.98. The number of ether oxygens (including phenoxy) is 1. The van der Waals surface area contributed by atoms with E-state index < -0.39 is 0 Å². The van der Waals surface area contributed by atoms with Crippen molar-refractivity contribution in [2.75, 3.05) is 12.4 Å². The predicted octanol–water partition coefficient (Wildman–Crippen LogP) is 0.860. The van der Waals surface area contributed by atoms with E-state index in [1.54, 1.807) is 13.3 Å². The fourth-order valence-electron chi connectivity index (χ4n) is 1.17. The molecule has 2 heterocycles. The minimum absolute atomic E-state index is 0.311. The lowest BCUT2D eigenvalue weighted by molar-refractivity contribution is 0.402. The molecular weight excluding hydrogens is 246 g/mol. The van der Waals surface area contributed by atoms with E-state index in [2.05, 4.69) is 20.7 Å². The largest absolute Gasteiger partial charge is 0.479 e. The van der Waals surface area contributed by atoms with Gasteiger partial charge in [0.25, 0.3) is 0 Å². The number of hydrogen-bond acceptors (Lipinski definition) is 6. The fourth-order valence-corrected chi connectivity index (χ4v) is 2.19. The van der Waals surface area contributed by atoms with Gasteiger partial charge in [-0.1, -0.05) is 11.3 Å². The van der Waals surface area contributed by atoms with Gasteiger partial charge >= 0.3 is 0 Å². The summed E-state index contributed by atoms with van der Waals surface area (Å²) in [7, 11) is 1.56. The van der Waals surface area contributed by atoms with E-state index in [4.69, 9.17) is 22.8 Å². The second kappa shape index (κ2) is 4.56. The molecule has 8 heteroatoms. The molecule has 0 aliphatic rings. The van der Waals surface area contributed by atoms with Crippen LogP contribution >= 0.6 is 23.6 Å². The summed E-state index contributed by atoms with van der Waals surface area (Å²) in [6.07, 6.45) is 1.67. The van der Waals surface area contributed by atoms with Gasteiger partial charge in [-0.2, -0.15) is 0 Å². The molecule has 0 unspecified atom stereocenters. The average molecular weight is 255 g/mol. The molecule has 84 valence electrons. The highest BCUT2D eigenvalue weighted by atomic mass is 32.1. The SMILES string of the molecule is COc1nccc2sc(NC(=S)NN)nc12. The van der Waals surface area contributed by atoms with E-state index >= 15 is 0 Å². The standard InChI is InChI=1S/C8H9N5OS2/c1-14-6-5-4(2-3-10-6)16-8(11-5)12-7(15)13-9/h2-3H,9H2,1H3,(H2,11,12,13,15). The summed E-state index contributed by atoms with van der Waals surface area (Å²) in [6.45, 7) is 0. The Labute approximate surface area is 101 Å². The van der Waals surface area contributed by atoms with Gasteiger partial charge in [-0.05, 0) is 18.3 Å². The average Bonchev–Trinajstić information content (AvgIpc) is 2.70. The number of nitrogens with zero attached hydrogens (tertiary/aromatic N) is 2. The quantitative estimate of drug-likeness (QED) is 0.417. The van der Waals surface area contributed by atoms with Gasteiger partial charge < -0.3 is 15.5 Å². The van der Waals surface area contributed by atoms with Gasteiger partial charge in [0.1, 0.15) is 5.52 Å². The predicted molar refractivity (Wildman–Crippen MR) is 67.5 cm³/mol. The van der Waals surface area contributed by atoms with Crippen LogP contribution < -0.4 is 21.3 Å². The monoisotopic (exact) mass is 255 g/mol. The van der Waals surface area contributed by atoms with Crippen molar-refractivity contribution in [2.45, 2.75) is 0 Å². The van der Waals surface area contributed by atoms with Gasteiger partial charge in [0.2, 0.25) is 5.88 Å². The molecule has 2 aromatic heterocycles. The third-order valence-corrected chi connectivity index (χ3v) is 2.97. The van der Waals surface area contributed by atoms with E-state index in [-0.39, 0.29) is 0 Å². The zero-order valence-electron chi connectivity index (χ0n) is 8.35. The Kier molecular flexibility index (Phi) is 3.13. The molecule has 4 N–H and O–H groups in total. The Bertz CT molecular complexity index is 526. The van der Waals surface area contributed by atoms with Crippen molar-refractivity contribution in [1.29, 1.82) is 0 Å². The van der Waals surface area contributed by atoms with Gasteiger partial charge in [0.05, 0.1) is 11.8 Å². The van der Waals surface area contributed by atoms with Crippen LogP contribution in [0.5, 0.6) is 5.88 Å². The molecule has 0 fully saturated rings. The number of nitrogens with one attached hydrogen (secondary N) is 2. The summed E-state index contributed by atoms with van der Waals surface area (Å²) < 4.78 is 6.07. The van der Waals surface area contributed by atoms with E-state index in [1.165, 1.54) is 11.3 Å². The van der Waals surface area contributed by atoms with Crippen molar-refractivity contribution in [3.05, 3.63) is 12.3 Å². The van der Waals surface area contributed by atoms with Crippen LogP contribution in [0.4, 0.5) is 5.13 Å². The highest BCUT2D eigenvalue weighted by molar-refractivity contribution is 7.80. The Morgan fingerprint density at radius 2 is 2.44 bits per heavy atom. The van der Waals surface area contributed by atoms with Crippen LogP contribution in [0.2, 0.25) is 0 Å². The highest BCUT2D eigenvalue weighted by Gasteiger charge is 2.09. The lowest BCUT2D eigenvalue weighted by Crippen LogP contribution is -2.33. The molecule has 0 amide bonds. The summed E-state index contributed by atoms with van der Waals surface area (Å²) in [6, 6.07) is 1.86. The first-order valence-corrected chi connectivity index (χ1v) is 5.54. The van der Waals surface area contributed by atoms with Gasteiger partial charge in [-0.15, -0.1) is 0 Å². The molecule has 6 nitrogen and oxygen atoms in total. The maximum Gasteiger partial charge on any atom is 0.241 e. The summed E-state index contributed by atoms with van der Waals surface area (Å²) >= 11 is 6.32. The molecule has 2 aromatic rings. The van der Waals surface area contributed by atoms with Gasteiger partial charge in [-0.25, -0.2) is 15.8 Å². The molecule has 0 aliphatic heterocycles. The van der Waals surface area contributed by atoms with Crippen molar-refractivity contribution in [3.8, 4) is 5.88 Å². The van der Waals surface area contributed by atoms with Crippen molar-refractivity contribution in [2.24, 2.45) is 5.84 Å². The number of methoxy groups -OCH3 is 1. The van der Waals surface area contributed by atoms with Crippen molar-refractivity contribution < 1.29 is 4.74 Å². The van der Waals surface area contributed by atoms with Crippen LogP contribution in [0.3, 0.4) is 0 Å². The van der Waals surface area contributed by atoms with Crippen LogP contribution in [0.15, 0.2) is 12.3 Å². The van der Waals surface area contributed by atoms with Crippen molar-refractivity contribution >= 4 is 44.0 Å². The summed E-state index contributed by atoms with van der Waals surface area (Å²) in [4.78, 5) is 8.37. The lowest BCUT2D eigenvalue weighted by atomic mass is 10.4. The van der Waals surface area contributed by atoms with E-state index in [1.807, 2.05) is 6.07 Å². The fraction of sp³-hybridized carbons (Fsp3) is 0.125. The molecule has 0 saturated carbocycles. The normalized spacial score (nSPS) is 10.1. The third-order valence-electron chi connectivity index (χ3n) is 1.82. The molecule has 0 aromatic carbocycles. The molecule has 0 spiro atoms. The van der Waals surface area contributed by atoms with Crippen LogP contribution in [0.25, 0.3) is 10.2 Å². The zero-order chi connectivity index (χ0) is 11.5. The van der Waals surface area contributed by atoms with E-state index in [9.17, 15) is 0 Å². The minimum atomic E-state index is 0.311. The smallest absolute Gasteiger partial charge is 0.241 e. The molecular formula is C8H9N5OS2. The number of thiazole rings is 1. The number of hydrogen-bond donors (Lipinski definition) is 3. The van der Waals surface area contributed by atoms with E-state index in [0.717, 1.165) is 4.70 Å². The second-order valence-corrected chi connectivity index (χ2v) is 4.22. The number of aromatic nitrogens is 2. The first-order chi connectivity index (χ1) is 7.74. The summed E-state index contributed by atoms with van der Waals surface area (Å²) in [5.74, 6) is 5.65. The van der Waals surface area contributed by atoms with Gasteiger partial charge in [-0.3, -0.25) is 0 Å². The topological polar surface area (TPSA) is 85.1 Å². The molecule has 16 heavy (non-hydrogen) atoms. The first-order valence-electron chi connectivity index (χ1n) is 4.31. The van der Waals surface area contributed by atoms with Crippen LogP contribution in [-0.2, 0) is 0 Å². The Hall–Kier alpha value is -1.51.